The van der Waals surface area contributed by atoms with Gasteiger partial charge in [-0.25, -0.2) is 9.07 Å². The molecule has 1 aromatic heterocycles. The summed E-state index contributed by atoms with van der Waals surface area (Å²) < 4.78 is 14.6. The topological polar surface area (TPSA) is 58.4 Å². The minimum Gasteiger partial charge on any atom is -0.339 e. The molecule has 0 spiro atoms. The van der Waals surface area contributed by atoms with E-state index in [2.05, 4.69) is 5.10 Å². The van der Waals surface area contributed by atoms with E-state index in [0.717, 1.165) is 18.4 Å². The van der Waals surface area contributed by atoms with Crippen LogP contribution < -0.4 is 0 Å². The highest BCUT2D eigenvalue weighted by molar-refractivity contribution is 6.33. The zero-order valence-electron chi connectivity index (χ0n) is 15.7. The van der Waals surface area contributed by atoms with Gasteiger partial charge in [-0.2, -0.15) is 5.10 Å². The zero-order valence-corrected chi connectivity index (χ0v) is 16.5. The van der Waals surface area contributed by atoms with E-state index in [9.17, 15) is 14.0 Å². The Labute approximate surface area is 167 Å². The lowest BCUT2D eigenvalue weighted by molar-refractivity contribution is -0.134. The number of aromatic nitrogens is 2. The van der Waals surface area contributed by atoms with Crippen molar-refractivity contribution in [2.24, 2.45) is 5.92 Å². The number of rotatable bonds is 4. The summed E-state index contributed by atoms with van der Waals surface area (Å²) in [6, 6.07) is 6.10. The van der Waals surface area contributed by atoms with Crippen molar-refractivity contribution in [2.75, 3.05) is 26.2 Å². The molecule has 8 heteroatoms. The SMILES string of the molecule is Cc1nn(Cc2ccc(F)cc2)c(Cl)c1C(=O)N1CCN(C(=O)C2CC2)CC1. The molecule has 1 aliphatic carbocycles. The fourth-order valence-electron chi connectivity index (χ4n) is 3.54. The predicted octanol–water partition coefficient (Wildman–Crippen LogP) is 2.73. The molecule has 148 valence electrons. The van der Waals surface area contributed by atoms with Crippen LogP contribution in [0.2, 0.25) is 5.15 Å². The first-order valence-corrected chi connectivity index (χ1v) is 9.87. The molecule has 2 aliphatic rings. The Balaban J connectivity index is 1.45. The number of halogens is 2. The van der Waals surface area contributed by atoms with E-state index < -0.39 is 0 Å². The summed E-state index contributed by atoms with van der Waals surface area (Å²) in [4.78, 5) is 28.8. The summed E-state index contributed by atoms with van der Waals surface area (Å²) in [6.45, 7) is 4.22. The van der Waals surface area contributed by atoms with E-state index in [-0.39, 0.29) is 28.7 Å². The summed E-state index contributed by atoms with van der Waals surface area (Å²) in [5, 5.41) is 4.68. The minimum atomic E-state index is -0.304. The maximum absolute atomic E-state index is 13.1. The number of benzene rings is 1. The largest absolute Gasteiger partial charge is 0.339 e. The molecule has 0 unspecified atom stereocenters. The van der Waals surface area contributed by atoms with Crippen LogP contribution >= 0.6 is 11.6 Å². The highest BCUT2D eigenvalue weighted by Crippen LogP contribution is 2.31. The number of aryl methyl sites for hydroxylation is 1. The molecule has 1 aromatic carbocycles. The molecule has 0 N–H and O–H groups in total. The van der Waals surface area contributed by atoms with Crippen LogP contribution in [0.15, 0.2) is 24.3 Å². The van der Waals surface area contributed by atoms with Gasteiger partial charge >= 0.3 is 0 Å². The highest BCUT2D eigenvalue weighted by atomic mass is 35.5. The number of carbonyl (C=O) groups is 2. The van der Waals surface area contributed by atoms with Gasteiger partial charge in [-0.05, 0) is 37.5 Å². The predicted molar refractivity (Wildman–Crippen MR) is 103 cm³/mol. The Hall–Kier alpha value is -2.41. The van der Waals surface area contributed by atoms with Gasteiger partial charge in [0.1, 0.15) is 11.0 Å². The molecule has 2 fully saturated rings. The molecule has 1 saturated heterocycles. The van der Waals surface area contributed by atoms with Crippen molar-refractivity contribution in [2.45, 2.75) is 26.3 Å². The van der Waals surface area contributed by atoms with Gasteiger partial charge < -0.3 is 9.80 Å². The molecule has 0 bridgehead atoms. The van der Waals surface area contributed by atoms with Crippen LogP contribution in [-0.4, -0.2) is 57.6 Å². The number of nitrogens with zero attached hydrogens (tertiary/aromatic N) is 4. The summed E-state index contributed by atoms with van der Waals surface area (Å²) in [6.07, 6.45) is 1.97. The van der Waals surface area contributed by atoms with E-state index in [4.69, 9.17) is 11.6 Å². The molecule has 0 atom stereocenters. The monoisotopic (exact) mass is 404 g/mol. The van der Waals surface area contributed by atoms with Crippen molar-refractivity contribution in [3.8, 4) is 0 Å². The third kappa shape index (κ3) is 3.76. The van der Waals surface area contributed by atoms with Crippen molar-refractivity contribution in [1.82, 2.24) is 19.6 Å². The molecule has 2 heterocycles. The van der Waals surface area contributed by atoms with Crippen molar-refractivity contribution in [1.29, 1.82) is 0 Å². The first-order valence-electron chi connectivity index (χ1n) is 9.49. The van der Waals surface area contributed by atoms with E-state index >= 15 is 0 Å². The van der Waals surface area contributed by atoms with Gasteiger partial charge in [0, 0.05) is 32.1 Å². The van der Waals surface area contributed by atoms with Gasteiger partial charge in [0.25, 0.3) is 5.91 Å². The van der Waals surface area contributed by atoms with E-state index in [0.29, 0.717) is 44.0 Å². The third-order valence-corrected chi connectivity index (χ3v) is 5.71. The fourth-order valence-corrected chi connectivity index (χ4v) is 3.86. The van der Waals surface area contributed by atoms with Gasteiger partial charge in [-0.1, -0.05) is 23.7 Å². The summed E-state index contributed by atoms with van der Waals surface area (Å²) in [7, 11) is 0. The highest BCUT2D eigenvalue weighted by Gasteiger charge is 2.36. The first kappa shape index (κ1) is 18.9. The summed E-state index contributed by atoms with van der Waals surface area (Å²) in [5.41, 5.74) is 1.80. The molecule has 4 rings (SSSR count). The number of hydrogen-bond acceptors (Lipinski definition) is 3. The van der Waals surface area contributed by atoms with Gasteiger partial charge in [0.15, 0.2) is 0 Å². The summed E-state index contributed by atoms with van der Waals surface area (Å²) in [5.74, 6) is -0.0508. The summed E-state index contributed by atoms with van der Waals surface area (Å²) >= 11 is 6.47. The van der Waals surface area contributed by atoms with Gasteiger partial charge in [0.05, 0.1) is 17.8 Å². The van der Waals surface area contributed by atoms with Crippen molar-refractivity contribution < 1.29 is 14.0 Å². The normalized spacial score (nSPS) is 17.1. The maximum atomic E-state index is 13.1. The lowest BCUT2D eigenvalue weighted by atomic mass is 10.2. The van der Waals surface area contributed by atoms with Gasteiger partial charge in [-0.15, -0.1) is 0 Å². The van der Waals surface area contributed by atoms with E-state index in [1.54, 1.807) is 28.6 Å². The van der Waals surface area contributed by atoms with Gasteiger partial charge in [-0.3, -0.25) is 9.59 Å². The Morgan fingerprint density at radius 3 is 2.32 bits per heavy atom. The van der Waals surface area contributed by atoms with E-state index in [1.165, 1.54) is 12.1 Å². The van der Waals surface area contributed by atoms with Crippen LogP contribution in [0.5, 0.6) is 0 Å². The molecule has 2 aromatic rings. The second kappa shape index (κ2) is 7.54. The zero-order chi connectivity index (χ0) is 19.8. The van der Waals surface area contributed by atoms with Crippen LogP contribution in [0.1, 0.15) is 34.5 Å². The molecule has 1 saturated carbocycles. The van der Waals surface area contributed by atoms with Crippen molar-refractivity contribution in [3.05, 3.63) is 52.1 Å². The average Bonchev–Trinajstić information content (AvgIpc) is 3.50. The quantitative estimate of drug-likeness (QED) is 0.787. The Kier molecular flexibility index (Phi) is 5.10. The Morgan fingerprint density at radius 2 is 1.71 bits per heavy atom. The lowest BCUT2D eigenvalue weighted by Gasteiger charge is -2.34. The second-order valence-electron chi connectivity index (χ2n) is 7.43. The minimum absolute atomic E-state index is 0.161. The molecule has 1 aliphatic heterocycles. The molecular weight excluding hydrogens is 383 g/mol. The van der Waals surface area contributed by atoms with Crippen molar-refractivity contribution in [3.63, 3.8) is 0 Å². The van der Waals surface area contributed by atoms with Crippen LogP contribution in [0.3, 0.4) is 0 Å². The van der Waals surface area contributed by atoms with Crippen LogP contribution in [0, 0.1) is 18.7 Å². The molecule has 28 heavy (non-hydrogen) atoms. The Morgan fingerprint density at radius 1 is 1.11 bits per heavy atom. The standard InChI is InChI=1S/C20H22ClFN4O2/c1-13-17(18(21)26(23-13)12-14-2-6-16(22)7-3-14)20(28)25-10-8-24(9-11-25)19(27)15-4-5-15/h2-3,6-7,15H,4-5,8-12H2,1H3. The Bertz CT molecular complexity index is 900. The maximum Gasteiger partial charge on any atom is 0.259 e. The van der Waals surface area contributed by atoms with Crippen LogP contribution in [-0.2, 0) is 11.3 Å². The molecular formula is C20H22ClFN4O2. The molecule has 0 radical (unpaired) electrons. The van der Waals surface area contributed by atoms with Crippen LogP contribution in [0.4, 0.5) is 4.39 Å². The second-order valence-corrected chi connectivity index (χ2v) is 7.79. The average molecular weight is 405 g/mol. The van der Waals surface area contributed by atoms with Crippen molar-refractivity contribution >= 4 is 23.4 Å². The molecule has 6 nitrogen and oxygen atoms in total. The fraction of sp³-hybridized carbons (Fsp3) is 0.450. The number of piperazine rings is 1. The van der Waals surface area contributed by atoms with Crippen LogP contribution in [0.25, 0.3) is 0 Å². The lowest BCUT2D eigenvalue weighted by Crippen LogP contribution is -2.51. The smallest absolute Gasteiger partial charge is 0.259 e. The van der Waals surface area contributed by atoms with Gasteiger partial charge in [0.2, 0.25) is 5.91 Å². The molecule has 2 amide bonds. The number of hydrogen-bond donors (Lipinski definition) is 0. The van der Waals surface area contributed by atoms with E-state index in [1.807, 2.05) is 4.90 Å². The number of amides is 2. The third-order valence-electron chi connectivity index (χ3n) is 5.33. The number of carbonyl (C=O) groups excluding carboxylic acids is 2. The first-order chi connectivity index (χ1) is 13.4.